The Kier molecular flexibility index (Phi) is 14.7. The summed E-state index contributed by atoms with van der Waals surface area (Å²) in [4.78, 5) is 0. The number of unbranched alkanes of at least 4 members (excludes halogenated alkanes) is 12. The highest BCUT2D eigenvalue weighted by molar-refractivity contribution is 5.75. The van der Waals surface area contributed by atoms with Crippen molar-refractivity contribution in [1.82, 2.24) is 0 Å². The van der Waals surface area contributed by atoms with Crippen molar-refractivity contribution < 1.29 is 0 Å². The maximum Gasteiger partial charge on any atom is -0.0167 e. The molecule has 0 radical (unpaired) electrons. The molecule has 1 aromatic rings. The van der Waals surface area contributed by atoms with Gasteiger partial charge >= 0.3 is 0 Å². The summed E-state index contributed by atoms with van der Waals surface area (Å²) < 4.78 is 0. The molecule has 0 heterocycles. The Morgan fingerprint density at radius 3 is 1.81 bits per heavy atom. The second-order valence-electron chi connectivity index (χ2n) is 12.2. The van der Waals surface area contributed by atoms with E-state index in [-0.39, 0.29) is 0 Å². The van der Waals surface area contributed by atoms with Crippen molar-refractivity contribution in [3.8, 4) is 0 Å². The lowest BCUT2D eigenvalue weighted by Gasteiger charge is -2.33. The Morgan fingerprint density at radius 1 is 0.639 bits per heavy atom. The zero-order valence-corrected chi connectivity index (χ0v) is 24.1. The molecule has 202 valence electrons. The highest BCUT2D eigenvalue weighted by Crippen LogP contribution is 2.39. The van der Waals surface area contributed by atoms with Gasteiger partial charge < -0.3 is 0 Å². The zero-order chi connectivity index (χ0) is 25.3. The van der Waals surface area contributed by atoms with E-state index in [4.69, 9.17) is 0 Å². The first-order valence-corrected chi connectivity index (χ1v) is 16.3. The van der Waals surface area contributed by atoms with E-state index in [1.807, 2.05) is 0 Å². The van der Waals surface area contributed by atoms with Crippen LogP contribution in [-0.2, 0) is 6.42 Å². The highest BCUT2D eigenvalue weighted by atomic mass is 14.3. The topological polar surface area (TPSA) is 0 Å². The standard InChI is InChI=1S/C36H58/c1-3-5-7-9-11-12-14-16-18-32-21-25-34(26-22-32)36-29-27-35(28-30-36)33-23-19-31(20-24-33)17-15-13-10-8-6-4-2/h19-20,23-24,27-29,32,34,36H,3-18,21-22,25-26,30H2,1-2H3/t32-,34-,36?. The van der Waals surface area contributed by atoms with E-state index in [0.29, 0.717) is 0 Å². The maximum absolute atomic E-state index is 2.56. The van der Waals surface area contributed by atoms with Crippen LogP contribution in [0.25, 0.3) is 5.57 Å². The lowest BCUT2D eigenvalue weighted by atomic mass is 9.72. The molecule has 1 atom stereocenters. The summed E-state index contributed by atoms with van der Waals surface area (Å²) in [5, 5.41) is 0. The van der Waals surface area contributed by atoms with Crippen molar-refractivity contribution in [2.45, 2.75) is 149 Å². The first-order chi connectivity index (χ1) is 17.8. The van der Waals surface area contributed by atoms with Gasteiger partial charge in [-0.2, -0.15) is 0 Å². The Hall–Kier alpha value is -1.30. The molecule has 0 N–H and O–H groups in total. The molecule has 0 saturated heterocycles. The minimum Gasteiger partial charge on any atom is -0.0802 e. The van der Waals surface area contributed by atoms with Crippen LogP contribution in [0.5, 0.6) is 0 Å². The van der Waals surface area contributed by atoms with Gasteiger partial charge in [-0.15, -0.1) is 0 Å². The zero-order valence-electron chi connectivity index (χ0n) is 24.1. The second-order valence-corrected chi connectivity index (χ2v) is 12.2. The summed E-state index contributed by atoms with van der Waals surface area (Å²) in [5.74, 6) is 2.73. The monoisotopic (exact) mass is 490 g/mol. The smallest absolute Gasteiger partial charge is 0.0167 e. The van der Waals surface area contributed by atoms with E-state index in [1.54, 1.807) is 0 Å². The molecular weight excluding hydrogens is 432 g/mol. The van der Waals surface area contributed by atoms with E-state index in [1.165, 1.54) is 152 Å². The first-order valence-electron chi connectivity index (χ1n) is 16.3. The lowest BCUT2D eigenvalue weighted by molar-refractivity contribution is 0.218. The van der Waals surface area contributed by atoms with Crippen molar-refractivity contribution in [3.63, 3.8) is 0 Å². The molecule has 0 nitrogen and oxygen atoms in total. The summed E-state index contributed by atoms with van der Waals surface area (Å²) in [5.41, 5.74) is 4.36. The Bertz CT molecular complexity index is 728. The molecule has 0 aliphatic heterocycles. The van der Waals surface area contributed by atoms with Crippen LogP contribution in [0.4, 0.5) is 0 Å². The predicted octanol–water partition coefficient (Wildman–Crippen LogP) is 11.9. The second kappa shape index (κ2) is 18.0. The van der Waals surface area contributed by atoms with E-state index in [9.17, 15) is 0 Å². The Balaban J connectivity index is 1.28. The fourth-order valence-electron chi connectivity index (χ4n) is 6.65. The molecule has 2 aliphatic rings. The molecule has 0 spiro atoms. The summed E-state index contributed by atoms with van der Waals surface area (Å²) in [6.45, 7) is 4.60. The summed E-state index contributed by atoms with van der Waals surface area (Å²) in [6, 6.07) is 9.46. The summed E-state index contributed by atoms with van der Waals surface area (Å²) >= 11 is 0. The molecule has 0 bridgehead atoms. The fourth-order valence-corrected chi connectivity index (χ4v) is 6.65. The van der Waals surface area contributed by atoms with Crippen molar-refractivity contribution in [1.29, 1.82) is 0 Å². The molecule has 0 heteroatoms. The van der Waals surface area contributed by atoms with E-state index < -0.39 is 0 Å². The van der Waals surface area contributed by atoms with Crippen LogP contribution in [-0.4, -0.2) is 0 Å². The van der Waals surface area contributed by atoms with Gasteiger partial charge in [-0.3, -0.25) is 0 Å². The third-order valence-corrected chi connectivity index (χ3v) is 9.20. The van der Waals surface area contributed by atoms with Gasteiger partial charge in [0.05, 0.1) is 0 Å². The van der Waals surface area contributed by atoms with Crippen LogP contribution in [0.3, 0.4) is 0 Å². The molecule has 1 saturated carbocycles. The third-order valence-electron chi connectivity index (χ3n) is 9.20. The number of benzene rings is 1. The number of hydrogen-bond donors (Lipinski definition) is 0. The van der Waals surface area contributed by atoms with Crippen LogP contribution in [0.15, 0.2) is 42.5 Å². The third kappa shape index (κ3) is 11.0. The van der Waals surface area contributed by atoms with Gasteiger partial charge in [-0.25, -0.2) is 0 Å². The lowest BCUT2D eigenvalue weighted by Crippen LogP contribution is -2.21. The van der Waals surface area contributed by atoms with Gasteiger partial charge in [0.1, 0.15) is 0 Å². The van der Waals surface area contributed by atoms with Gasteiger partial charge in [-0.05, 0) is 66.6 Å². The van der Waals surface area contributed by atoms with Gasteiger partial charge in [0.25, 0.3) is 0 Å². The molecule has 36 heavy (non-hydrogen) atoms. The van der Waals surface area contributed by atoms with Crippen LogP contribution < -0.4 is 0 Å². The number of aryl methyl sites for hydroxylation is 1. The first kappa shape index (κ1) is 29.3. The quantitative estimate of drug-likeness (QED) is 0.179. The molecule has 0 amide bonds. The molecule has 0 aromatic heterocycles. The van der Waals surface area contributed by atoms with E-state index in [0.717, 1.165) is 17.8 Å². The minimum atomic E-state index is 0.782. The van der Waals surface area contributed by atoms with E-state index >= 15 is 0 Å². The molecule has 2 aliphatic carbocycles. The van der Waals surface area contributed by atoms with Gasteiger partial charge in [0.2, 0.25) is 0 Å². The molecular formula is C36H58. The molecule has 3 rings (SSSR count). The Labute approximate surface area is 225 Å². The van der Waals surface area contributed by atoms with Crippen LogP contribution in [0.2, 0.25) is 0 Å². The summed E-state index contributed by atoms with van der Waals surface area (Å²) in [7, 11) is 0. The maximum atomic E-state index is 2.56. The average molecular weight is 491 g/mol. The van der Waals surface area contributed by atoms with Crippen LogP contribution >= 0.6 is 0 Å². The molecule has 1 aromatic carbocycles. The van der Waals surface area contributed by atoms with Gasteiger partial charge in [-0.1, -0.05) is 159 Å². The van der Waals surface area contributed by atoms with Crippen molar-refractivity contribution in [3.05, 3.63) is 53.6 Å². The van der Waals surface area contributed by atoms with Crippen molar-refractivity contribution >= 4 is 5.57 Å². The van der Waals surface area contributed by atoms with Crippen molar-refractivity contribution in [2.24, 2.45) is 17.8 Å². The van der Waals surface area contributed by atoms with E-state index in [2.05, 4.69) is 56.3 Å². The normalized spacial score (nSPS) is 22.1. The van der Waals surface area contributed by atoms with Crippen LogP contribution in [0.1, 0.15) is 153 Å². The SMILES string of the molecule is CCCCCCCCCC[C@H]1CC[C@H](C2C=CC(c3ccc(CCCCCCCC)cc3)=CC2)CC1. The fraction of sp³-hybridized carbons (Fsp3) is 0.722. The highest BCUT2D eigenvalue weighted by Gasteiger charge is 2.26. The van der Waals surface area contributed by atoms with Crippen LogP contribution in [0, 0.1) is 17.8 Å². The minimum absolute atomic E-state index is 0.782. The van der Waals surface area contributed by atoms with Gasteiger partial charge in [0, 0.05) is 0 Å². The largest absolute Gasteiger partial charge is 0.0802 e. The number of allylic oxidation sites excluding steroid dienone is 4. The van der Waals surface area contributed by atoms with Crippen molar-refractivity contribution in [2.75, 3.05) is 0 Å². The number of rotatable bonds is 18. The average Bonchev–Trinajstić information content (AvgIpc) is 2.93. The summed E-state index contributed by atoms with van der Waals surface area (Å²) in [6.07, 6.45) is 37.3. The predicted molar refractivity (Wildman–Crippen MR) is 161 cm³/mol. The Morgan fingerprint density at radius 2 is 1.22 bits per heavy atom. The molecule has 1 fully saturated rings. The molecule has 1 unspecified atom stereocenters. The number of hydrogen-bond acceptors (Lipinski definition) is 0. The van der Waals surface area contributed by atoms with Gasteiger partial charge in [0.15, 0.2) is 0 Å².